The maximum Gasteiger partial charge on any atom is 0.219 e. The maximum atomic E-state index is 12.0. The molecule has 0 saturated carbocycles. The fourth-order valence-electron chi connectivity index (χ4n) is 4.93. The van der Waals surface area contributed by atoms with Gasteiger partial charge >= 0.3 is 0 Å². The third kappa shape index (κ3) is 5.03. The topological polar surface area (TPSA) is 83.3 Å². The van der Waals surface area contributed by atoms with Crippen molar-refractivity contribution in [3.05, 3.63) is 47.0 Å². The average molecular weight is 457 g/mol. The van der Waals surface area contributed by atoms with Crippen LogP contribution in [-0.2, 0) is 17.6 Å². The van der Waals surface area contributed by atoms with Crippen LogP contribution in [0.4, 0.5) is 0 Å². The second kappa shape index (κ2) is 10.3. The van der Waals surface area contributed by atoms with E-state index < -0.39 is 0 Å². The van der Waals surface area contributed by atoms with E-state index in [1.807, 2.05) is 12.1 Å². The summed E-state index contributed by atoms with van der Waals surface area (Å²) in [6, 6.07) is 10.2. The van der Waals surface area contributed by atoms with Crippen molar-refractivity contribution in [2.45, 2.75) is 51.1 Å². The lowest BCUT2D eigenvalue weighted by Crippen LogP contribution is -2.53. The predicted molar refractivity (Wildman–Crippen MR) is 128 cm³/mol. The first kappa shape index (κ1) is 24.7. The molecule has 3 rings (SSSR count). The number of hydrogen-bond acceptors (Lipinski definition) is 6. The van der Waals surface area contributed by atoms with Crippen molar-refractivity contribution < 1.29 is 23.7 Å². The van der Waals surface area contributed by atoms with Gasteiger partial charge in [-0.2, -0.15) is 0 Å². The van der Waals surface area contributed by atoms with Crippen molar-refractivity contribution in [3.63, 3.8) is 0 Å². The van der Waals surface area contributed by atoms with E-state index in [1.54, 1.807) is 28.4 Å². The number of fused-ring (bicyclic) bond motifs is 1. The van der Waals surface area contributed by atoms with Gasteiger partial charge in [-0.25, -0.2) is 0 Å². The van der Waals surface area contributed by atoms with Crippen LogP contribution in [-0.4, -0.2) is 51.3 Å². The first-order valence-electron chi connectivity index (χ1n) is 11.3. The van der Waals surface area contributed by atoms with Gasteiger partial charge in [0.25, 0.3) is 0 Å². The highest BCUT2D eigenvalue weighted by Gasteiger charge is 2.40. The van der Waals surface area contributed by atoms with Crippen LogP contribution in [0, 0.1) is 0 Å². The number of hydrogen-bond donors (Lipinski definition) is 1. The van der Waals surface area contributed by atoms with Gasteiger partial charge in [-0.1, -0.05) is 13.0 Å². The molecule has 1 aliphatic rings. The Labute approximate surface area is 196 Å². The van der Waals surface area contributed by atoms with Gasteiger partial charge in [0, 0.05) is 24.5 Å². The van der Waals surface area contributed by atoms with Gasteiger partial charge in [0.05, 0.1) is 28.4 Å². The zero-order valence-corrected chi connectivity index (χ0v) is 20.6. The number of nitrogens with zero attached hydrogens (tertiary/aromatic N) is 1. The second-order valence-electron chi connectivity index (χ2n) is 8.75. The quantitative estimate of drug-likeness (QED) is 0.584. The molecule has 2 unspecified atom stereocenters. The van der Waals surface area contributed by atoms with Crippen LogP contribution in [0.1, 0.15) is 49.4 Å². The number of carbonyl (C=O) groups is 1. The Morgan fingerprint density at radius 1 is 1.00 bits per heavy atom. The number of ether oxygens (including phenoxy) is 4. The van der Waals surface area contributed by atoms with Crippen LogP contribution in [0.25, 0.3) is 0 Å². The lowest BCUT2D eigenvalue weighted by molar-refractivity contribution is -0.121. The van der Waals surface area contributed by atoms with Crippen LogP contribution in [0.3, 0.4) is 0 Å². The normalized spacial score (nSPS) is 17.6. The Bertz CT molecular complexity index is 993. The van der Waals surface area contributed by atoms with Crippen LogP contribution >= 0.6 is 0 Å². The molecule has 1 amide bonds. The molecular formula is C26H36N2O5. The molecule has 2 N–H and O–H groups in total. The lowest BCUT2D eigenvalue weighted by atomic mass is 9.81. The molecule has 0 aromatic heterocycles. The van der Waals surface area contributed by atoms with Crippen molar-refractivity contribution >= 4 is 5.91 Å². The Balaban J connectivity index is 2.11. The molecule has 2 aromatic rings. The number of methoxy groups -OCH3 is 4. The summed E-state index contributed by atoms with van der Waals surface area (Å²) >= 11 is 0. The van der Waals surface area contributed by atoms with Crippen LogP contribution in [0.2, 0.25) is 0 Å². The molecule has 0 aliphatic carbocycles. The summed E-state index contributed by atoms with van der Waals surface area (Å²) in [5.74, 6) is 2.52. The zero-order valence-electron chi connectivity index (χ0n) is 20.6. The smallest absolute Gasteiger partial charge is 0.219 e. The first-order valence-corrected chi connectivity index (χ1v) is 11.3. The predicted octanol–water partition coefficient (Wildman–Crippen LogP) is 3.91. The largest absolute Gasteiger partial charge is 0.493 e. The molecule has 2 atom stereocenters. The molecule has 33 heavy (non-hydrogen) atoms. The van der Waals surface area contributed by atoms with E-state index in [0.29, 0.717) is 23.7 Å². The van der Waals surface area contributed by atoms with E-state index in [0.717, 1.165) is 37.1 Å². The van der Waals surface area contributed by atoms with Gasteiger partial charge < -0.3 is 24.7 Å². The summed E-state index contributed by atoms with van der Waals surface area (Å²) in [4.78, 5) is 14.4. The summed E-state index contributed by atoms with van der Waals surface area (Å²) in [7, 11) is 6.58. The molecule has 7 nitrogen and oxygen atoms in total. The zero-order chi connectivity index (χ0) is 24.2. The standard InChI is InChI=1S/C26H36N2O5/c1-7-26(2,16-25(27)29)28-11-10-18-14-23(32-5)24(33-6)15-19(18)20(28)12-17-8-9-21(30-3)22(13-17)31-4/h8-9,13-15,20H,7,10-12,16H2,1-6H3,(H2,27,29). The highest BCUT2D eigenvalue weighted by atomic mass is 16.5. The van der Waals surface area contributed by atoms with Gasteiger partial charge in [-0.3, -0.25) is 9.69 Å². The van der Waals surface area contributed by atoms with E-state index >= 15 is 0 Å². The molecule has 7 heteroatoms. The summed E-state index contributed by atoms with van der Waals surface area (Å²) < 4.78 is 22.1. The monoisotopic (exact) mass is 456 g/mol. The molecule has 1 heterocycles. The summed E-state index contributed by atoms with van der Waals surface area (Å²) in [6.07, 6.45) is 2.69. The van der Waals surface area contributed by atoms with Crippen molar-refractivity contribution in [1.29, 1.82) is 0 Å². The molecule has 0 fully saturated rings. The van der Waals surface area contributed by atoms with E-state index in [1.165, 1.54) is 11.1 Å². The van der Waals surface area contributed by atoms with Crippen molar-refractivity contribution in [2.24, 2.45) is 5.73 Å². The molecule has 2 aromatic carbocycles. The van der Waals surface area contributed by atoms with E-state index in [-0.39, 0.29) is 17.5 Å². The van der Waals surface area contributed by atoms with Gasteiger partial charge in [0.2, 0.25) is 5.91 Å². The summed E-state index contributed by atoms with van der Waals surface area (Å²) in [5, 5.41) is 0. The van der Waals surface area contributed by atoms with Crippen molar-refractivity contribution in [3.8, 4) is 23.0 Å². The molecule has 0 bridgehead atoms. The number of rotatable bonds is 10. The molecular weight excluding hydrogens is 420 g/mol. The minimum atomic E-state index is -0.363. The van der Waals surface area contributed by atoms with Gasteiger partial charge in [0.15, 0.2) is 23.0 Å². The van der Waals surface area contributed by atoms with E-state index in [9.17, 15) is 4.79 Å². The minimum Gasteiger partial charge on any atom is -0.493 e. The fourth-order valence-corrected chi connectivity index (χ4v) is 4.93. The lowest BCUT2D eigenvalue weighted by Gasteiger charge is -2.48. The number of primary amides is 1. The van der Waals surface area contributed by atoms with Crippen molar-refractivity contribution in [2.75, 3.05) is 35.0 Å². The average Bonchev–Trinajstić information content (AvgIpc) is 2.82. The van der Waals surface area contributed by atoms with Crippen LogP contribution < -0.4 is 24.7 Å². The first-order chi connectivity index (χ1) is 15.8. The Kier molecular flexibility index (Phi) is 7.74. The van der Waals surface area contributed by atoms with Crippen LogP contribution in [0.5, 0.6) is 23.0 Å². The SMILES string of the molecule is CCC(C)(CC(N)=O)N1CCc2cc(OC)c(OC)cc2C1Cc1ccc(OC)c(OC)c1. The van der Waals surface area contributed by atoms with Gasteiger partial charge in [-0.15, -0.1) is 0 Å². The molecule has 180 valence electrons. The number of benzene rings is 2. The summed E-state index contributed by atoms with van der Waals surface area (Å²) in [5.41, 5.74) is 8.83. The molecule has 0 spiro atoms. The van der Waals surface area contributed by atoms with Crippen molar-refractivity contribution in [1.82, 2.24) is 4.90 Å². The number of amides is 1. The number of carbonyl (C=O) groups excluding carboxylic acids is 1. The Morgan fingerprint density at radius 3 is 2.18 bits per heavy atom. The minimum absolute atomic E-state index is 0.0240. The third-order valence-corrected chi connectivity index (χ3v) is 6.89. The maximum absolute atomic E-state index is 12.0. The summed E-state index contributed by atoms with van der Waals surface area (Å²) in [6.45, 7) is 5.06. The van der Waals surface area contributed by atoms with Gasteiger partial charge in [-0.05, 0) is 67.1 Å². The number of nitrogens with two attached hydrogens (primary N) is 1. The van der Waals surface area contributed by atoms with E-state index in [2.05, 4.69) is 36.9 Å². The highest BCUT2D eigenvalue weighted by molar-refractivity contribution is 5.75. The molecule has 0 radical (unpaired) electrons. The van der Waals surface area contributed by atoms with E-state index in [4.69, 9.17) is 24.7 Å². The Hall–Kier alpha value is -2.93. The Morgan fingerprint density at radius 2 is 1.61 bits per heavy atom. The van der Waals surface area contributed by atoms with Gasteiger partial charge in [0.1, 0.15) is 0 Å². The molecule has 0 saturated heterocycles. The fraction of sp³-hybridized carbons (Fsp3) is 0.500. The van der Waals surface area contributed by atoms with Crippen LogP contribution in [0.15, 0.2) is 30.3 Å². The second-order valence-corrected chi connectivity index (χ2v) is 8.75. The third-order valence-electron chi connectivity index (χ3n) is 6.89. The molecule has 1 aliphatic heterocycles. The highest BCUT2D eigenvalue weighted by Crippen LogP contribution is 2.44.